The van der Waals surface area contributed by atoms with Crippen molar-refractivity contribution in [3.8, 4) is 0 Å². The van der Waals surface area contributed by atoms with Crippen molar-refractivity contribution in [2.45, 2.75) is 36.9 Å². The van der Waals surface area contributed by atoms with Crippen molar-refractivity contribution < 1.29 is 14.6 Å². The van der Waals surface area contributed by atoms with E-state index in [1.54, 1.807) is 0 Å². The summed E-state index contributed by atoms with van der Waals surface area (Å²) in [6, 6.07) is 10.6. The van der Waals surface area contributed by atoms with Crippen LogP contribution in [0.2, 0.25) is 4.82 Å². The first-order valence-electron chi connectivity index (χ1n) is 7.44. The fraction of sp³-hybridized carbons (Fsp3) is 0.471. The van der Waals surface area contributed by atoms with Gasteiger partial charge in [0.05, 0.1) is 0 Å². The Morgan fingerprint density at radius 1 is 1.24 bits per heavy atom. The number of rotatable bonds is 6. The maximum absolute atomic E-state index is 11.5. The quantitative estimate of drug-likeness (QED) is 0.341. The Bertz CT molecular complexity index is 452. The van der Waals surface area contributed by atoms with Crippen LogP contribution in [0.15, 0.2) is 42.5 Å². The predicted octanol–water partition coefficient (Wildman–Crippen LogP) is 3.05. The minimum atomic E-state index is -0.429. The van der Waals surface area contributed by atoms with Gasteiger partial charge in [0.2, 0.25) is 0 Å². The van der Waals surface area contributed by atoms with Crippen LogP contribution < -0.4 is 4.46 Å². The fourth-order valence-corrected chi connectivity index (χ4v) is 5.32. The van der Waals surface area contributed by atoms with Gasteiger partial charge < -0.3 is 0 Å². The molecule has 1 fully saturated rings. The number of carbonyl (C=O) groups excluding carboxylic acids is 1. The molecule has 21 heavy (non-hydrogen) atoms. The molecule has 0 spiro atoms. The van der Waals surface area contributed by atoms with Gasteiger partial charge in [0.25, 0.3) is 0 Å². The second kappa shape index (κ2) is 9.04. The van der Waals surface area contributed by atoms with Crippen molar-refractivity contribution in [3.05, 3.63) is 42.5 Å². The summed E-state index contributed by atoms with van der Waals surface area (Å²) >= 11 is 0.340. The van der Waals surface area contributed by atoms with Crippen LogP contribution in [0.5, 0.6) is 0 Å². The van der Waals surface area contributed by atoms with Gasteiger partial charge in [0.15, 0.2) is 0 Å². The van der Waals surface area contributed by atoms with Gasteiger partial charge in [-0.15, -0.1) is 0 Å². The molecule has 0 unspecified atom stereocenters. The summed E-state index contributed by atoms with van der Waals surface area (Å²) in [6.07, 6.45) is 10.0. The van der Waals surface area contributed by atoms with E-state index in [0.29, 0.717) is 25.7 Å². The summed E-state index contributed by atoms with van der Waals surface area (Å²) in [5.41, 5.74) is 0. The first-order chi connectivity index (χ1) is 10.3. The van der Waals surface area contributed by atoms with Gasteiger partial charge in [-0.2, -0.15) is 0 Å². The molecule has 3 nitrogen and oxygen atoms in total. The summed E-state index contributed by atoms with van der Waals surface area (Å²) in [4.78, 5) is 20.8. The van der Waals surface area contributed by atoms with E-state index in [9.17, 15) is 4.79 Å². The Kier molecular flexibility index (Phi) is 7.01. The minimum absolute atomic E-state index is 0.340. The van der Waals surface area contributed by atoms with E-state index >= 15 is 0 Å². The second-order valence-corrected chi connectivity index (χ2v) is 7.85. The van der Waals surface area contributed by atoms with E-state index < -0.39 is 5.97 Å². The molecule has 0 radical (unpaired) electrons. The van der Waals surface area contributed by atoms with E-state index in [0.717, 1.165) is 0 Å². The van der Waals surface area contributed by atoms with Crippen LogP contribution in [0, 0.1) is 5.92 Å². The molecule has 0 bridgehead atoms. The average Bonchev–Trinajstić information content (AvgIpc) is 2.53. The molecule has 4 heteroatoms. The van der Waals surface area contributed by atoms with Crippen LogP contribution in [0.25, 0.3) is 0 Å². The number of hydrogen-bond acceptors (Lipinski definition) is 3. The van der Waals surface area contributed by atoms with Crippen LogP contribution in [0.1, 0.15) is 32.1 Å². The van der Waals surface area contributed by atoms with Gasteiger partial charge in [-0.1, -0.05) is 0 Å². The molecule has 1 aliphatic carbocycles. The van der Waals surface area contributed by atoms with Gasteiger partial charge in [-0.05, 0) is 0 Å². The molecule has 1 aromatic carbocycles. The zero-order valence-corrected chi connectivity index (χ0v) is 14.1. The zero-order valence-electron chi connectivity index (χ0n) is 12.4. The Labute approximate surface area is 132 Å². The van der Waals surface area contributed by atoms with E-state index in [1.807, 2.05) is 12.1 Å². The second-order valence-electron chi connectivity index (χ2n) is 5.22. The molecular formula is C17H22O3Se. The van der Waals surface area contributed by atoms with Crippen molar-refractivity contribution in [1.29, 1.82) is 0 Å². The molecule has 0 saturated heterocycles. The van der Waals surface area contributed by atoms with Crippen molar-refractivity contribution in [1.82, 2.24) is 0 Å². The SMILES string of the molecule is COOC(=O)/C=C/[C@@H]([Se]c1ccccc1)C1CCCCC1. The maximum atomic E-state index is 11.5. The number of benzene rings is 1. The fourth-order valence-electron chi connectivity index (χ4n) is 2.69. The monoisotopic (exact) mass is 354 g/mol. The van der Waals surface area contributed by atoms with Crippen molar-refractivity contribution >= 4 is 25.4 Å². The van der Waals surface area contributed by atoms with Crippen molar-refractivity contribution in [2.75, 3.05) is 7.11 Å². The van der Waals surface area contributed by atoms with E-state index in [1.165, 1.54) is 49.8 Å². The van der Waals surface area contributed by atoms with E-state index in [4.69, 9.17) is 0 Å². The predicted molar refractivity (Wildman–Crippen MR) is 84.4 cm³/mol. The summed E-state index contributed by atoms with van der Waals surface area (Å²) in [5, 5.41) is 0. The molecule has 114 valence electrons. The molecule has 0 amide bonds. The van der Waals surface area contributed by atoms with Gasteiger partial charge in [-0.25, -0.2) is 0 Å². The first-order valence-corrected chi connectivity index (χ1v) is 9.28. The zero-order chi connectivity index (χ0) is 14.9. The molecule has 1 atom stereocenters. The molecule has 0 N–H and O–H groups in total. The van der Waals surface area contributed by atoms with E-state index in [-0.39, 0.29) is 0 Å². The first kappa shape index (κ1) is 16.3. The number of allylic oxidation sites excluding steroid dienone is 1. The number of hydrogen-bond donors (Lipinski definition) is 0. The van der Waals surface area contributed by atoms with Crippen LogP contribution in [0.4, 0.5) is 0 Å². The summed E-state index contributed by atoms with van der Waals surface area (Å²) in [5.74, 6) is 0.257. The van der Waals surface area contributed by atoms with Crippen molar-refractivity contribution in [2.24, 2.45) is 5.92 Å². The Morgan fingerprint density at radius 3 is 2.62 bits per heavy atom. The standard InChI is InChI=1S/C17H22O3Se/c1-19-20-17(18)13-12-16(14-8-4-2-5-9-14)21-15-10-6-3-7-11-15/h3,6-7,10-14,16H,2,4-5,8-9H2,1H3/b13-12+/t16-/m1/s1. The Hall–Kier alpha value is -1.09. The third kappa shape index (κ3) is 5.66. The third-order valence-electron chi connectivity index (χ3n) is 3.72. The molecule has 1 aromatic rings. The summed E-state index contributed by atoms with van der Waals surface area (Å²) < 4.78 is 1.38. The van der Waals surface area contributed by atoms with Gasteiger partial charge in [-0.3, -0.25) is 0 Å². The third-order valence-corrected chi connectivity index (χ3v) is 6.57. The molecule has 2 rings (SSSR count). The average molecular weight is 353 g/mol. The van der Waals surface area contributed by atoms with Gasteiger partial charge >= 0.3 is 132 Å². The molecule has 0 aromatic heterocycles. The van der Waals surface area contributed by atoms with Gasteiger partial charge in [0.1, 0.15) is 0 Å². The molecule has 0 aliphatic heterocycles. The normalized spacial score (nSPS) is 17.8. The molecule has 1 aliphatic rings. The molecule has 1 saturated carbocycles. The number of carbonyl (C=O) groups is 1. The molecular weight excluding hydrogens is 331 g/mol. The van der Waals surface area contributed by atoms with Crippen LogP contribution in [-0.2, 0) is 14.6 Å². The topological polar surface area (TPSA) is 35.5 Å². The van der Waals surface area contributed by atoms with Crippen molar-refractivity contribution in [3.63, 3.8) is 0 Å². The molecule has 0 heterocycles. The van der Waals surface area contributed by atoms with Crippen LogP contribution in [-0.4, -0.2) is 28.0 Å². The van der Waals surface area contributed by atoms with E-state index in [2.05, 4.69) is 34.0 Å². The van der Waals surface area contributed by atoms with Crippen LogP contribution >= 0.6 is 0 Å². The Balaban J connectivity index is 2.04. The van der Waals surface area contributed by atoms with Crippen LogP contribution in [0.3, 0.4) is 0 Å². The summed E-state index contributed by atoms with van der Waals surface area (Å²) in [6.45, 7) is 0. The summed E-state index contributed by atoms with van der Waals surface area (Å²) in [7, 11) is 1.35. The Morgan fingerprint density at radius 2 is 1.95 bits per heavy atom. The van der Waals surface area contributed by atoms with Gasteiger partial charge in [0, 0.05) is 0 Å².